The predicted molar refractivity (Wildman–Crippen MR) is 101 cm³/mol. The molecule has 1 heterocycles. The molecule has 6 nitrogen and oxygen atoms in total. The first-order valence-electron chi connectivity index (χ1n) is 8.46. The Hall–Kier alpha value is -3.61. The Kier molecular flexibility index (Phi) is 6.06. The lowest BCUT2D eigenvalue weighted by Gasteiger charge is -2.10. The van der Waals surface area contributed by atoms with E-state index in [0.29, 0.717) is 28.4 Å². The van der Waals surface area contributed by atoms with Gasteiger partial charge in [-0.25, -0.2) is 4.39 Å². The Balaban J connectivity index is 1.66. The van der Waals surface area contributed by atoms with E-state index in [4.69, 9.17) is 14.2 Å². The van der Waals surface area contributed by atoms with Gasteiger partial charge in [0.25, 0.3) is 5.91 Å². The molecule has 3 rings (SSSR count). The van der Waals surface area contributed by atoms with Gasteiger partial charge in [-0.3, -0.25) is 9.78 Å². The first kappa shape index (κ1) is 19.2. The molecule has 0 aliphatic rings. The number of halogens is 1. The predicted octanol–water partition coefficient (Wildman–Crippen LogP) is 3.96. The van der Waals surface area contributed by atoms with Crippen molar-refractivity contribution in [1.82, 2.24) is 10.3 Å². The van der Waals surface area contributed by atoms with Crippen molar-refractivity contribution in [2.24, 2.45) is 0 Å². The highest BCUT2D eigenvalue weighted by Crippen LogP contribution is 2.25. The maximum Gasteiger partial charge on any atom is 0.251 e. The second-order valence-corrected chi connectivity index (χ2v) is 5.84. The fourth-order valence-corrected chi connectivity index (χ4v) is 2.49. The first-order chi connectivity index (χ1) is 13.6. The average Bonchev–Trinajstić information content (AvgIpc) is 2.74. The summed E-state index contributed by atoms with van der Waals surface area (Å²) in [6.07, 6.45) is 3.10. The number of methoxy groups -OCH3 is 2. The van der Waals surface area contributed by atoms with Crippen molar-refractivity contribution in [2.75, 3.05) is 14.2 Å². The molecule has 1 aromatic heterocycles. The topological polar surface area (TPSA) is 69.7 Å². The lowest BCUT2D eigenvalue weighted by molar-refractivity contribution is 0.0950. The molecule has 0 aliphatic heterocycles. The van der Waals surface area contributed by atoms with Gasteiger partial charge in [-0.15, -0.1) is 0 Å². The molecular weight excluding hydrogens is 363 g/mol. The molecule has 28 heavy (non-hydrogen) atoms. The molecule has 144 valence electrons. The van der Waals surface area contributed by atoms with E-state index in [2.05, 4.69) is 10.3 Å². The number of carbonyl (C=O) groups excluding carboxylic acids is 1. The lowest BCUT2D eigenvalue weighted by atomic mass is 10.1. The molecule has 0 bridgehead atoms. The maximum atomic E-state index is 14.3. The Morgan fingerprint density at radius 2 is 1.79 bits per heavy atom. The molecule has 1 amide bonds. The van der Waals surface area contributed by atoms with Crippen LogP contribution in [-0.2, 0) is 6.54 Å². The molecule has 0 saturated carbocycles. The second-order valence-electron chi connectivity index (χ2n) is 5.84. The minimum Gasteiger partial charge on any atom is -0.497 e. The highest BCUT2D eigenvalue weighted by molar-refractivity contribution is 5.95. The number of aromatic nitrogens is 1. The third-order valence-corrected chi connectivity index (χ3v) is 3.93. The maximum absolute atomic E-state index is 14.3. The Morgan fingerprint density at radius 3 is 2.39 bits per heavy atom. The number of rotatable bonds is 7. The fraction of sp³-hybridized carbons (Fsp3) is 0.143. The van der Waals surface area contributed by atoms with Crippen LogP contribution in [0.3, 0.4) is 0 Å². The molecule has 3 aromatic rings. The van der Waals surface area contributed by atoms with E-state index < -0.39 is 5.82 Å². The van der Waals surface area contributed by atoms with E-state index >= 15 is 0 Å². The number of ether oxygens (including phenoxy) is 3. The number of amides is 1. The van der Waals surface area contributed by atoms with Crippen molar-refractivity contribution in [1.29, 1.82) is 0 Å². The van der Waals surface area contributed by atoms with Gasteiger partial charge in [-0.2, -0.15) is 0 Å². The normalized spacial score (nSPS) is 10.2. The van der Waals surface area contributed by atoms with Gasteiger partial charge in [0.2, 0.25) is 0 Å². The highest BCUT2D eigenvalue weighted by Gasteiger charge is 2.11. The smallest absolute Gasteiger partial charge is 0.251 e. The van der Waals surface area contributed by atoms with Gasteiger partial charge in [-0.05, 0) is 42.0 Å². The molecule has 2 aromatic carbocycles. The molecule has 0 saturated heterocycles. The van der Waals surface area contributed by atoms with E-state index in [1.807, 2.05) is 0 Å². The summed E-state index contributed by atoms with van der Waals surface area (Å²) in [5.41, 5.74) is 0.979. The zero-order chi connectivity index (χ0) is 19.9. The second kappa shape index (κ2) is 8.85. The van der Waals surface area contributed by atoms with Crippen molar-refractivity contribution in [2.45, 2.75) is 6.54 Å². The summed E-state index contributed by atoms with van der Waals surface area (Å²) in [6.45, 7) is 0.155. The van der Waals surface area contributed by atoms with E-state index in [1.54, 1.807) is 42.6 Å². The van der Waals surface area contributed by atoms with Gasteiger partial charge in [0.15, 0.2) is 11.6 Å². The Labute approximate surface area is 161 Å². The van der Waals surface area contributed by atoms with E-state index in [1.165, 1.54) is 32.5 Å². The van der Waals surface area contributed by atoms with Crippen molar-refractivity contribution in [3.63, 3.8) is 0 Å². The minimum atomic E-state index is -0.529. The van der Waals surface area contributed by atoms with Gasteiger partial charge in [-0.1, -0.05) is 6.07 Å². The van der Waals surface area contributed by atoms with Crippen molar-refractivity contribution >= 4 is 5.91 Å². The standard InChI is InChI=1S/C21H19FN2O4/c1-26-17-9-15(10-18(11-17)27-2)21(25)24-12-14-5-6-20(19(22)8-14)28-16-4-3-7-23-13-16/h3-11,13H,12H2,1-2H3,(H,24,25). The van der Waals surface area contributed by atoms with Crippen LogP contribution in [-0.4, -0.2) is 25.1 Å². The van der Waals surface area contributed by atoms with Gasteiger partial charge in [0, 0.05) is 24.4 Å². The molecule has 0 aliphatic carbocycles. The van der Waals surface area contributed by atoms with Crippen LogP contribution in [0.4, 0.5) is 4.39 Å². The molecule has 0 atom stereocenters. The third-order valence-electron chi connectivity index (χ3n) is 3.93. The SMILES string of the molecule is COc1cc(OC)cc(C(=O)NCc2ccc(Oc3cccnc3)c(F)c2)c1. The minimum absolute atomic E-state index is 0.0839. The monoisotopic (exact) mass is 382 g/mol. The third kappa shape index (κ3) is 4.76. The first-order valence-corrected chi connectivity index (χ1v) is 8.46. The number of hydrogen-bond acceptors (Lipinski definition) is 5. The largest absolute Gasteiger partial charge is 0.497 e. The van der Waals surface area contributed by atoms with Gasteiger partial charge < -0.3 is 19.5 Å². The number of nitrogens with zero attached hydrogens (tertiary/aromatic N) is 1. The molecule has 7 heteroatoms. The number of pyridine rings is 1. The van der Waals surface area contributed by atoms with E-state index in [-0.39, 0.29) is 18.2 Å². The Morgan fingerprint density at radius 1 is 1.04 bits per heavy atom. The van der Waals surface area contributed by atoms with Crippen LogP contribution in [0.1, 0.15) is 15.9 Å². The summed E-state index contributed by atoms with van der Waals surface area (Å²) in [7, 11) is 3.02. The highest BCUT2D eigenvalue weighted by atomic mass is 19.1. The van der Waals surface area contributed by atoms with Gasteiger partial charge in [0.1, 0.15) is 17.2 Å². The summed E-state index contributed by atoms with van der Waals surface area (Å²) in [4.78, 5) is 16.3. The zero-order valence-corrected chi connectivity index (χ0v) is 15.4. The summed E-state index contributed by atoms with van der Waals surface area (Å²) in [5.74, 6) is 0.682. The number of benzene rings is 2. The van der Waals surface area contributed by atoms with Crippen LogP contribution >= 0.6 is 0 Å². The average molecular weight is 382 g/mol. The van der Waals surface area contributed by atoms with Gasteiger partial charge in [0.05, 0.1) is 20.4 Å². The lowest BCUT2D eigenvalue weighted by Crippen LogP contribution is -2.23. The molecular formula is C21H19FN2O4. The van der Waals surface area contributed by atoms with Crippen molar-refractivity contribution in [3.8, 4) is 23.0 Å². The van der Waals surface area contributed by atoms with Crippen LogP contribution in [0.2, 0.25) is 0 Å². The Bertz CT molecular complexity index is 942. The molecule has 0 radical (unpaired) electrons. The quantitative estimate of drug-likeness (QED) is 0.670. The van der Waals surface area contributed by atoms with E-state index in [9.17, 15) is 9.18 Å². The number of nitrogens with one attached hydrogen (secondary N) is 1. The zero-order valence-electron chi connectivity index (χ0n) is 15.4. The van der Waals surface area contributed by atoms with Crippen LogP contribution < -0.4 is 19.5 Å². The molecule has 0 spiro atoms. The molecule has 1 N–H and O–H groups in total. The number of carbonyl (C=O) groups is 1. The van der Waals surface area contributed by atoms with Crippen LogP contribution in [0.15, 0.2) is 60.9 Å². The van der Waals surface area contributed by atoms with Crippen LogP contribution in [0.25, 0.3) is 0 Å². The summed E-state index contributed by atoms with van der Waals surface area (Å²) >= 11 is 0. The fourth-order valence-electron chi connectivity index (χ4n) is 2.49. The van der Waals surface area contributed by atoms with Crippen molar-refractivity contribution < 1.29 is 23.4 Å². The van der Waals surface area contributed by atoms with Gasteiger partial charge >= 0.3 is 0 Å². The van der Waals surface area contributed by atoms with E-state index in [0.717, 1.165) is 0 Å². The number of hydrogen-bond donors (Lipinski definition) is 1. The van der Waals surface area contributed by atoms with Crippen LogP contribution in [0.5, 0.6) is 23.0 Å². The summed E-state index contributed by atoms with van der Waals surface area (Å²) in [6, 6.07) is 12.8. The van der Waals surface area contributed by atoms with Crippen molar-refractivity contribution in [3.05, 3.63) is 77.9 Å². The molecule has 0 unspecified atom stereocenters. The van der Waals surface area contributed by atoms with Crippen LogP contribution in [0, 0.1) is 5.82 Å². The molecule has 0 fully saturated rings. The summed E-state index contributed by atoms with van der Waals surface area (Å²) < 4.78 is 30.1. The summed E-state index contributed by atoms with van der Waals surface area (Å²) in [5, 5.41) is 2.75.